The van der Waals surface area contributed by atoms with Crippen LogP contribution in [0.4, 0.5) is 0 Å². The Morgan fingerprint density at radius 3 is 3.05 bits per heavy atom. The Balaban J connectivity index is 1.65. The van der Waals surface area contributed by atoms with Gasteiger partial charge in [0.15, 0.2) is 0 Å². The number of aromatic nitrogens is 1. The van der Waals surface area contributed by atoms with Crippen LogP contribution >= 0.6 is 0 Å². The van der Waals surface area contributed by atoms with Crippen LogP contribution in [0.3, 0.4) is 0 Å². The third kappa shape index (κ3) is 3.39. The summed E-state index contributed by atoms with van der Waals surface area (Å²) in [4.78, 5) is 17.4. The molecule has 1 unspecified atom stereocenters. The molecule has 1 aromatic carbocycles. The molecule has 4 heteroatoms. The Hall–Kier alpha value is -1.94. The van der Waals surface area contributed by atoms with Gasteiger partial charge in [0.2, 0.25) is 0 Å². The molecule has 1 aromatic heterocycles. The Labute approximate surface area is 124 Å². The van der Waals surface area contributed by atoms with Crippen molar-refractivity contribution >= 4 is 16.7 Å². The maximum absolute atomic E-state index is 10.7. The number of likely N-dealkylation sites (tertiary alicyclic amines) is 1. The van der Waals surface area contributed by atoms with Gasteiger partial charge < -0.3 is 5.11 Å². The predicted molar refractivity (Wildman–Crippen MR) is 82.0 cm³/mol. The summed E-state index contributed by atoms with van der Waals surface area (Å²) in [7, 11) is 0. The summed E-state index contributed by atoms with van der Waals surface area (Å²) in [5, 5.41) is 11.2. The van der Waals surface area contributed by atoms with Crippen LogP contribution in [-0.2, 0) is 11.3 Å². The molecule has 1 fully saturated rings. The van der Waals surface area contributed by atoms with E-state index in [9.17, 15) is 4.79 Å². The van der Waals surface area contributed by atoms with Gasteiger partial charge in [-0.1, -0.05) is 24.3 Å². The van der Waals surface area contributed by atoms with E-state index in [0.29, 0.717) is 5.92 Å². The van der Waals surface area contributed by atoms with E-state index < -0.39 is 5.97 Å². The number of carboxylic acids is 1. The second-order valence-electron chi connectivity index (χ2n) is 5.84. The van der Waals surface area contributed by atoms with Gasteiger partial charge in [0.25, 0.3) is 0 Å². The molecule has 0 saturated carbocycles. The Morgan fingerprint density at radius 2 is 2.19 bits per heavy atom. The molecule has 0 spiro atoms. The third-order valence-electron chi connectivity index (χ3n) is 4.28. The van der Waals surface area contributed by atoms with Crippen molar-refractivity contribution < 1.29 is 9.90 Å². The average molecular weight is 284 g/mol. The monoisotopic (exact) mass is 284 g/mol. The van der Waals surface area contributed by atoms with Gasteiger partial charge in [-0.05, 0) is 36.3 Å². The average Bonchev–Trinajstić information content (AvgIpc) is 2.93. The summed E-state index contributed by atoms with van der Waals surface area (Å²) in [6.07, 6.45) is 6.03. The Bertz CT molecular complexity index is 636. The molecule has 21 heavy (non-hydrogen) atoms. The molecule has 1 aliphatic heterocycles. The number of rotatable bonds is 5. The zero-order valence-electron chi connectivity index (χ0n) is 12.0. The van der Waals surface area contributed by atoms with Crippen molar-refractivity contribution in [1.82, 2.24) is 9.88 Å². The quantitative estimate of drug-likeness (QED) is 0.917. The zero-order valence-corrected chi connectivity index (χ0v) is 12.0. The van der Waals surface area contributed by atoms with Gasteiger partial charge in [-0.3, -0.25) is 14.7 Å². The number of carboxylic acid groups (broad SMARTS) is 1. The van der Waals surface area contributed by atoms with Crippen LogP contribution in [-0.4, -0.2) is 34.0 Å². The van der Waals surface area contributed by atoms with E-state index in [0.717, 1.165) is 32.5 Å². The minimum Gasteiger partial charge on any atom is -0.481 e. The highest BCUT2D eigenvalue weighted by Gasteiger charge is 2.23. The number of benzene rings is 1. The van der Waals surface area contributed by atoms with Crippen LogP contribution < -0.4 is 0 Å². The first kappa shape index (κ1) is 14.0. The minimum absolute atomic E-state index is 0.286. The minimum atomic E-state index is -0.688. The summed E-state index contributed by atoms with van der Waals surface area (Å²) in [6.45, 7) is 2.95. The zero-order chi connectivity index (χ0) is 14.7. The molecule has 1 N–H and O–H groups in total. The summed E-state index contributed by atoms with van der Waals surface area (Å²) >= 11 is 0. The first-order chi connectivity index (χ1) is 10.2. The van der Waals surface area contributed by atoms with Crippen molar-refractivity contribution in [2.75, 3.05) is 13.1 Å². The van der Waals surface area contributed by atoms with E-state index in [2.05, 4.69) is 28.1 Å². The molecule has 2 heterocycles. The number of hydrogen-bond acceptors (Lipinski definition) is 3. The molecule has 1 aliphatic rings. The molecule has 0 radical (unpaired) electrons. The van der Waals surface area contributed by atoms with Gasteiger partial charge in [-0.15, -0.1) is 0 Å². The van der Waals surface area contributed by atoms with Crippen LogP contribution in [0.5, 0.6) is 0 Å². The molecule has 110 valence electrons. The molecule has 1 atom stereocenters. The SMILES string of the molecule is O=C(O)CCC1CCN(Cc2cncc3ccccc23)C1. The molecule has 0 aliphatic carbocycles. The summed E-state index contributed by atoms with van der Waals surface area (Å²) in [5.74, 6) is -0.171. The molecule has 4 nitrogen and oxygen atoms in total. The third-order valence-corrected chi connectivity index (χ3v) is 4.28. The lowest BCUT2D eigenvalue weighted by Gasteiger charge is -2.17. The van der Waals surface area contributed by atoms with E-state index in [1.165, 1.54) is 16.3 Å². The van der Waals surface area contributed by atoms with E-state index in [1.807, 2.05) is 18.5 Å². The first-order valence-corrected chi connectivity index (χ1v) is 7.48. The maximum atomic E-state index is 10.7. The largest absolute Gasteiger partial charge is 0.481 e. The van der Waals surface area contributed by atoms with Crippen LogP contribution in [0.15, 0.2) is 36.7 Å². The van der Waals surface area contributed by atoms with Crippen molar-refractivity contribution in [3.05, 3.63) is 42.2 Å². The number of pyridine rings is 1. The van der Waals surface area contributed by atoms with Crippen molar-refractivity contribution in [3.8, 4) is 0 Å². The number of fused-ring (bicyclic) bond motifs is 1. The lowest BCUT2D eigenvalue weighted by Crippen LogP contribution is -2.20. The van der Waals surface area contributed by atoms with Crippen LogP contribution in [0, 0.1) is 5.92 Å². The highest BCUT2D eigenvalue weighted by atomic mass is 16.4. The van der Waals surface area contributed by atoms with Crippen LogP contribution in [0.25, 0.3) is 10.8 Å². The summed E-state index contributed by atoms with van der Waals surface area (Å²) in [5.41, 5.74) is 1.26. The molecule has 0 amide bonds. The number of carbonyl (C=O) groups is 1. The van der Waals surface area contributed by atoms with E-state index >= 15 is 0 Å². The van der Waals surface area contributed by atoms with E-state index in [4.69, 9.17) is 5.11 Å². The summed E-state index contributed by atoms with van der Waals surface area (Å²) in [6, 6.07) is 8.33. The number of nitrogens with zero attached hydrogens (tertiary/aromatic N) is 2. The molecule has 0 bridgehead atoms. The highest BCUT2D eigenvalue weighted by Crippen LogP contribution is 2.25. The van der Waals surface area contributed by atoms with Gasteiger partial charge in [-0.2, -0.15) is 0 Å². The fourth-order valence-corrected chi connectivity index (χ4v) is 3.17. The van der Waals surface area contributed by atoms with Crippen molar-refractivity contribution in [2.45, 2.75) is 25.8 Å². The van der Waals surface area contributed by atoms with Crippen LogP contribution in [0.1, 0.15) is 24.8 Å². The van der Waals surface area contributed by atoms with Crippen LogP contribution in [0.2, 0.25) is 0 Å². The van der Waals surface area contributed by atoms with Gasteiger partial charge in [-0.25, -0.2) is 0 Å². The Morgan fingerprint density at radius 1 is 1.33 bits per heavy atom. The summed E-state index contributed by atoms with van der Waals surface area (Å²) < 4.78 is 0. The molecular formula is C17H20N2O2. The lowest BCUT2D eigenvalue weighted by atomic mass is 10.0. The number of aliphatic carboxylic acids is 1. The van der Waals surface area contributed by atoms with E-state index in [1.54, 1.807) is 0 Å². The van der Waals surface area contributed by atoms with E-state index in [-0.39, 0.29) is 6.42 Å². The standard InChI is InChI=1S/C17H20N2O2/c20-17(21)6-5-13-7-8-19(11-13)12-15-10-18-9-14-3-1-2-4-16(14)15/h1-4,9-10,13H,5-8,11-12H2,(H,20,21). The topological polar surface area (TPSA) is 53.4 Å². The van der Waals surface area contributed by atoms with Gasteiger partial charge in [0, 0.05) is 37.3 Å². The first-order valence-electron chi connectivity index (χ1n) is 7.48. The second kappa shape index (κ2) is 6.22. The lowest BCUT2D eigenvalue weighted by molar-refractivity contribution is -0.137. The van der Waals surface area contributed by atoms with Gasteiger partial charge in [0.1, 0.15) is 0 Å². The molecule has 2 aromatic rings. The fourth-order valence-electron chi connectivity index (χ4n) is 3.17. The van der Waals surface area contributed by atoms with Crippen molar-refractivity contribution in [1.29, 1.82) is 0 Å². The highest BCUT2D eigenvalue weighted by molar-refractivity contribution is 5.84. The van der Waals surface area contributed by atoms with Crippen molar-refractivity contribution in [3.63, 3.8) is 0 Å². The normalized spacial score (nSPS) is 19.1. The Kier molecular flexibility index (Phi) is 4.15. The fraction of sp³-hybridized carbons (Fsp3) is 0.412. The molecule has 1 saturated heterocycles. The van der Waals surface area contributed by atoms with Gasteiger partial charge >= 0.3 is 5.97 Å². The van der Waals surface area contributed by atoms with Crippen molar-refractivity contribution in [2.24, 2.45) is 5.92 Å². The second-order valence-corrected chi connectivity index (χ2v) is 5.84. The smallest absolute Gasteiger partial charge is 0.303 e. The molecule has 3 rings (SSSR count). The predicted octanol–water partition coefficient (Wildman–Crippen LogP) is 2.92. The maximum Gasteiger partial charge on any atom is 0.303 e. The molecular weight excluding hydrogens is 264 g/mol. The van der Waals surface area contributed by atoms with Gasteiger partial charge in [0.05, 0.1) is 0 Å². The number of hydrogen-bond donors (Lipinski definition) is 1.